The number of carbonyl (C=O) groups is 1. The van der Waals surface area contributed by atoms with Gasteiger partial charge in [-0.1, -0.05) is 6.07 Å². The first-order valence-electron chi connectivity index (χ1n) is 6.67. The van der Waals surface area contributed by atoms with Crippen LogP contribution in [0.25, 0.3) is 0 Å². The highest BCUT2D eigenvalue weighted by Crippen LogP contribution is 2.28. The normalized spacial score (nSPS) is 13.6. The Morgan fingerprint density at radius 2 is 2.05 bits per heavy atom. The lowest BCUT2D eigenvalue weighted by Gasteiger charge is -2.18. The number of carboxylic acids is 1. The van der Waals surface area contributed by atoms with E-state index in [4.69, 9.17) is 9.84 Å². The van der Waals surface area contributed by atoms with Gasteiger partial charge >= 0.3 is 5.97 Å². The van der Waals surface area contributed by atoms with E-state index in [-0.39, 0.29) is 11.3 Å². The summed E-state index contributed by atoms with van der Waals surface area (Å²) in [5.74, 6) is -1.28. The molecule has 1 heterocycles. The number of nitrogens with one attached hydrogen (secondary N) is 1. The summed E-state index contributed by atoms with van der Waals surface area (Å²) in [6.07, 6.45) is 0.910. The minimum absolute atomic E-state index is 0.0221. The Morgan fingerprint density at radius 3 is 2.81 bits per heavy atom. The summed E-state index contributed by atoms with van der Waals surface area (Å²) >= 11 is 0. The average Bonchev–Trinajstić information content (AvgIpc) is 2.49. The van der Waals surface area contributed by atoms with Crippen molar-refractivity contribution in [2.75, 3.05) is 6.54 Å². The van der Waals surface area contributed by atoms with Crippen LogP contribution < -0.4 is 10.1 Å². The highest BCUT2D eigenvalue weighted by Gasteiger charge is 2.12. The van der Waals surface area contributed by atoms with Crippen molar-refractivity contribution in [3.8, 4) is 11.5 Å². The Morgan fingerprint density at radius 1 is 1.19 bits per heavy atom. The SMILES string of the molecule is O=C(O)c1ccc(Oc2ccc3c(c2)CCNC3)c(F)c1. The standard InChI is InChI=1S/C16H14FNO3/c17-14-8-11(16(19)20)2-4-15(14)21-13-3-1-12-9-18-6-5-10(12)7-13/h1-4,7-8,18H,5-6,9H2,(H,19,20). The highest BCUT2D eigenvalue weighted by atomic mass is 19.1. The van der Waals surface area contributed by atoms with Gasteiger partial charge in [0.2, 0.25) is 0 Å². The van der Waals surface area contributed by atoms with Crippen molar-refractivity contribution in [1.29, 1.82) is 0 Å². The van der Waals surface area contributed by atoms with Gasteiger partial charge in [-0.3, -0.25) is 0 Å². The molecule has 1 aliphatic heterocycles. The molecular formula is C16H14FNO3. The van der Waals surface area contributed by atoms with Crippen LogP contribution in [0.2, 0.25) is 0 Å². The maximum atomic E-state index is 13.8. The van der Waals surface area contributed by atoms with E-state index in [0.717, 1.165) is 25.6 Å². The summed E-state index contributed by atoms with van der Waals surface area (Å²) in [5, 5.41) is 12.1. The summed E-state index contributed by atoms with van der Waals surface area (Å²) in [5.41, 5.74) is 2.31. The van der Waals surface area contributed by atoms with Crippen LogP contribution in [0.1, 0.15) is 21.5 Å². The van der Waals surface area contributed by atoms with Crippen molar-refractivity contribution in [1.82, 2.24) is 5.32 Å². The fourth-order valence-corrected chi connectivity index (χ4v) is 2.36. The molecule has 2 aromatic rings. The largest absolute Gasteiger partial charge is 0.478 e. The van der Waals surface area contributed by atoms with Crippen molar-refractivity contribution >= 4 is 5.97 Å². The molecule has 0 amide bonds. The molecule has 0 aliphatic carbocycles. The van der Waals surface area contributed by atoms with E-state index >= 15 is 0 Å². The zero-order valence-electron chi connectivity index (χ0n) is 11.2. The monoisotopic (exact) mass is 287 g/mol. The first-order chi connectivity index (χ1) is 10.1. The number of rotatable bonds is 3. The zero-order chi connectivity index (χ0) is 14.8. The predicted octanol–water partition coefficient (Wildman–Crippen LogP) is 2.96. The molecule has 0 fully saturated rings. The van der Waals surface area contributed by atoms with Gasteiger partial charge in [-0.25, -0.2) is 9.18 Å². The second-order valence-corrected chi connectivity index (χ2v) is 4.91. The van der Waals surface area contributed by atoms with Gasteiger partial charge in [0.05, 0.1) is 5.56 Å². The summed E-state index contributed by atoms with van der Waals surface area (Å²) in [4.78, 5) is 10.8. The second-order valence-electron chi connectivity index (χ2n) is 4.91. The van der Waals surface area contributed by atoms with E-state index < -0.39 is 11.8 Å². The number of aromatic carboxylic acids is 1. The van der Waals surface area contributed by atoms with Gasteiger partial charge in [0.15, 0.2) is 11.6 Å². The van der Waals surface area contributed by atoms with Gasteiger partial charge in [0.1, 0.15) is 5.75 Å². The Labute approximate surface area is 121 Å². The zero-order valence-corrected chi connectivity index (χ0v) is 11.2. The molecule has 0 atom stereocenters. The molecule has 108 valence electrons. The Hall–Kier alpha value is -2.40. The lowest BCUT2D eigenvalue weighted by Crippen LogP contribution is -2.23. The minimum Gasteiger partial charge on any atom is -0.478 e. The van der Waals surface area contributed by atoms with Crippen LogP contribution in [0.15, 0.2) is 36.4 Å². The molecule has 0 unspecified atom stereocenters. The molecule has 0 saturated heterocycles. The first kappa shape index (κ1) is 13.6. The molecule has 1 aliphatic rings. The molecule has 0 radical (unpaired) electrons. The van der Waals surface area contributed by atoms with E-state index in [1.54, 1.807) is 6.07 Å². The smallest absolute Gasteiger partial charge is 0.335 e. The van der Waals surface area contributed by atoms with Crippen molar-refractivity contribution in [2.45, 2.75) is 13.0 Å². The first-order valence-corrected chi connectivity index (χ1v) is 6.67. The van der Waals surface area contributed by atoms with Gasteiger partial charge in [0.25, 0.3) is 0 Å². The lowest BCUT2D eigenvalue weighted by atomic mass is 10.0. The molecule has 4 nitrogen and oxygen atoms in total. The molecule has 0 saturated carbocycles. The third-order valence-corrected chi connectivity index (χ3v) is 3.47. The molecule has 21 heavy (non-hydrogen) atoms. The Bertz CT molecular complexity index is 700. The van der Waals surface area contributed by atoms with Crippen molar-refractivity contribution in [2.24, 2.45) is 0 Å². The molecule has 0 bridgehead atoms. The summed E-state index contributed by atoms with van der Waals surface area (Å²) in [6, 6.07) is 9.26. The van der Waals surface area contributed by atoms with Crippen molar-refractivity contribution in [3.05, 3.63) is 58.9 Å². The third-order valence-electron chi connectivity index (χ3n) is 3.47. The summed E-state index contributed by atoms with van der Waals surface area (Å²) < 4.78 is 19.4. The van der Waals surface area contributed by atoms with Gasteiger partial charge in [-0.15, -0.1) is 0 Å². The third kappa shape index (κ3) is 2.87. The Balaban J connectivity index is 1.85. The average molecular weight is 287 g/mol. The molecule has 3 rings (SSSR count). The van der Waals surface area contributed by atoms with Gasteiger partial charge in [0, 0.05) is 6.54 Å². The minimum atomic E-state index is -1.17. The van der Waals surface area contributed by atoms with E-state index in [9.17, 15) is 9.18 Å². The highest BCUT2D eigenvalue weighted by molar-refractivity contribution is 5.87. The molecule has 5 heteroatoms. The lowest BCUT2D eigenvalue weighted by molar-refractivity contribution is 0.0696. The fraction of sp³-hybridized carbons (Fsp3) is 0.188. The summed E-state index contributed by atoms with van der Waals surface area (Å²) in [6.45, 7) is 1.75. The number of hydrogen-bond acceptors (Lipinski definition) is 3. The quantitative estimate of drug-likeness (QED) is 0.911. The van der Waals surface area contributed by atoms with E-state index in [0.29, 0.717) is 5.75 Å². The number of halogens is 1. The molecular weight excluding hydrogens is 273 g/mol. The second kappa shape index (κ2) is 5.54. The van der Waals surface area contributed by atoms with Crippen LogP contribution in [-0.4, -0.2) is 17.6 Å². The van der Waals surface area contributed by atoms with Crippen LogP contribution in [0.5, 0.6) is 11.5 Å². The molecule has 2 N–H and O–H groups in total. The predicted molar refractivity (Wildman–Crippen MR) is 75.3 cm³/mol. The van der Waals surface area contributed by atoms with Crippen LogP contribution in [-0.2, 0) is 13.0 Å². The van der Waals surface area contributed by atoms with Gasteiger partial charge < -0.3 is 15.2 Å². The van der Waals surface area contributed by atoms with Crippen LogP contribution in [0, 0.1) is 5.82 Å². The molecule has 0 aromatic heterocycles. The van der Waals surface area contributed by atoms with Crippen molar-refractivity contribution in [3.63, 3.8) is 0 Å². The maximum Gasteiger partial charge on any atom is 0.335 e. The van der Waals surface area contributed by atoms with Gasteiger partial charge in [-0.05, 0) is 54.4 Å². The number of ether oxygens (including phenoxy) is 1. The maximum absolute atomic E-state index is 13.8. The number of fused-ring (bicyclic) bond motifs is 1. The van der Waals surface area contributed by atoms with Crippen LogP contribution in [0.4, 0.5) is 4.39 Å². The number of hydrogen-bond donors (Lipinski definition) is 2. The Kier molecular flexibility index (Phi) is 3.58. The van der Waals surface area contributed by atoms with E-state index in [1.165, 1.54) is 23.3 Å². The molecule has 0 spiro atoms. The van der Waals surface area contributed by atoms with E-state index in [1.807, 2.05) is 12.1 Å². The summed E-state index contributed by atoms with van der Waals surface area (Å²) in [7, 11) is 0. The van der Waals surface area contributed by atoms with Crippen molar-refractivity contribution < 1.29 is 19.0 Å². The van der Waals surface area contributed by atoms with Crippen LogP contribution in [0.3, 0.4) is 0 Å². The molecule has 2 aromatic carbocycles. The number of carboxylic acid groups (broad SMARTS) is 1. The van der Waals surface area contributed by atoms with E-state index in [2.05, 4.69) is 5.32 Å². The number of benzene rings is 2. The van der Waals surface area contributed by atoms with Crippen LogP contribution >= 0.6 is 0 Å². The fourth-order valence-electron chi connectivity index (χ4n) is 2.36. The van der Waals surface area contributed by atoms with Gasteiger partial charge in [-0.2, -0.15) is 0 Å². The topological polar surface area (TPSA) is 58.6 Å².